The summed E-state index contributed by atoms with van der Waals surface area (Å²) in [4.78, 5) is 2.45. The first-order valence-electron chi connectivity index (χ1n) is 6.51. The summed E-state index contributed by atoms with van der Waals surface area (Å²) < 4.78 is 1.14. The van der Waals surface area contributed by atoms with Crippen molar-refractivity contribution < 1.29 is 0 Å². The Bertz CT molecular complexity index is 389. The Hall–Kier alpha value is -0.0900. The molecule has 2 rings (SSSR count). The number of halogens is 2. The molecule has 1 aliphatic heterocycles. The predicted octanol–water partition coefficient (Wildman–Crippen LogP) is 3.68. The first kappa shape index (κ1) is 14.3. The van der Waals surface area contributed by atoms with Crippen LogP contribution in [0.5, 0.6) is 0 Å². The standard InChI is InChI=1S/C14H20BrClN2/c1-18(13-3-2-7-17-8-6-13)10-11-9-12(16)4-5-14(11)15/h4-5,9,13,17H,2-3,6-8,10H2,1H3. The van der Waals surface area contributed by atoms with Crippen LogP contribution in [0.3, 0.4) is 0 Å². The minimum Gasteiger partial charge on any atom is -0.317 e. The Balaban J connectivity index is 2.00. The Morgan fingerprint density at radius 2 is 2.22 bits per heavy atom. The molecule has 1 saturated heterocycles. The Morgan fingerprint density at radius 1 is 1.39 bits per heavy atom. The Morgan fingerprint density at radius 3 is 3.06 bits per heavy atom. The van der Waals surface area contributed by atoms with E-state index in [0.717, 1.165) is 29.1 Å². The van der Waals surface area contributed by atoms with Crippen molar-refractivity contribution >= 4 is 27.5 Å². The molecule has 4 heteroatoms. The van der Waals surface area contributed by atoms with Crippen LogP contribution in [0.2, 0.25) is 5.02 Å². The van der Waals surface area contributed by atoms with E-state index in [0.29, 0.717) is 6.04 Å². The molecule has 0 spiro atoms. The Kier molecular flexibility index (Phi) is 5.49. The van der Waals surface area contributed by atoms with Gasteiger partial charge in [-0.1, -0.05) is 27.5 Å². The van der Waals surface area contributed by atoms with Gasteiger partial charge in [0.2, 0.25) is 0 Å². The van der Waals surface area contributed by atoms with E-state index in [9.17, 15) is 0 Å². The molecule has 2 nitrogen and oxygen atoms in total. The van der Waals surface area contributed by atoms with Crippen LogP contribution in [0.4, 0.5) is 0 Å². The third kappa shape index (κ3) is 3.95. The number of nitrogens with zero attached hydrogens (tertiary/aromatic N) is 1. The summed E-state index contributed by atoms with van der Waals surface area (Å²) in [7, 11) is 2.21. The zero-order valence-corrected chi connectivity index (χ0v) is 13.1. The molecule has 1 aromatic carbocycles. The number of hydrogen-bond donors (Lipinski definition) is 1. The fourth-order valence-electron chi connectivity index (χ4n) is 2.50. The maximum absolute atomic E-state index is 6.06. The van der Waals surface area contributed by atoms with Gasteiger partial charge in [-0.2, -0.15) is 0 Å². The van der Waals surface area contributed by atoms with Crippen LogP contribution in [-0.4, -0.2) is 31.1 Å². The van der Waals surface area contributed by atoms with Gasteiger partial charge in [0.15, 0.2) is 0 Å². The topological polar surface area (TPSA) is 15.3 Å². The summed E-state index contributed by atoms with van der Waals surface area (Å²) in [5.41, 5.74) is 1.27. The first-order valence-corrected chi connectivity index (χ1v) is 7.69. The van der Waals surface area contributed by atoms with Gasteiger partial charge in [-0.15, -0.1) is 0 Å². The van der Waals surface area contributed by atoms with Crippen molar-refractivity contribution in [3.05, 3.63) is 33.3 Å². The summed E-state index contributed by atoms with van der Waals surface area (Å²) in [5.74, 6) is 0. The van der Waals surface area contributed by atoms with E-state index in [1.165, 1.54) is 24.8 Å². The highest BCUT2D eigenvalue weighted by Gasteiger charge is 2.17. The molecule has 1 fully saturated rings. The highest BCUT2D eigenvalue weighted by Crippen LogP contribution is 2.24. The monoisotopic (exact) mass is 330 g/mol. The molecule has 0 aromatic heterocycles. The minimum atomic E-state index is 0.672. The highest BCUT2D eigenvalue weighted by atomic mass is 79.9. The van der Waals surface area contributed by atoms with Gasteiger partial charge in [-0.25, -0.2) is 0 Å². The van der Waals surface area contributed by atoms with Crippen molar-refractivity contribution in [2.24, 2.45) is 0 Å². The number of hydrogen-bond acceptors (Lipinski definition) is 2. The number of nitrogens with one attached hydrogen (secondary N) is 1. The summed E-state index contributed by atoms with van der Waals surface area (Å²) in [6, 6.07) is 6.67. The van der Waals surface area contributed by atoms with Crippen molar-refractivity contribution in [1.82, 2.24) is 10.2 Å². The normalized spacial score (nSPS) is 21.0. The van der Waals surface area contributed by atoms with Crippen molar-refractivity contribution in [3.63, 3.8) is 0 Å². The first-order chi connectivity index (χ1) is 8.66. The van der Waals surface area contributed by atoms with Gasteiger partial charge in [0.25, 0.3) is 0 Å². The maximum Gasteiger partial charge on any atom is 0.0410 e. The molecule has 1 aliphatic rings. The molecular formula is C14H20BrClN2. The molecule has 1 unspecified atom stereocenters. The average Bonchev–Trinajstić information content (AvgIpc) is 2.62. The lowest BCUT2D eigenvalue weighted by molar-refractivity contribution is 0.216. The van der Waals surface area contributed by atoms with Gasteiger partial charge in [0.1, 0.15) is 0 Å². The summed E-state index contributed by atoms with van der Waals surface area (Å²) in [5, 5.41) is 4.27. The van der Waals surface area contributed by atoms with Gasteiger partial charge in [0, 0.05) is 22.1 Å². The lowest BCUT2D eigenvalue weighted by Gasteiger charge is -2.27. The second kappa shape index (κ2) is 6.90. The summed E-state index contributed by atoms with van der Waals surface area (Å²) in [6.07, 6.45) is 3.78. The van der Waals surface area contributed by atoms with E-state index in [1.54, 1.807) is 0 Å². The van der Waals surface area contributed by atoms with Crippen LogP contribution in [0, 0.1) is 0 Å². The number of benzene rings is 1. The fourth-order valence-corrected chi connectivity index (χ4v) is 3.07. The van der Waals surface area contributed by atoms with E-state index in [4.69, 9.17) is 11.6 Å². The van der Waals surface area contributed by atoms with Gasteiger partial charge >= 0.3 is 0 Å². The smallest absolute Gasteiger partial charge is 0.0410 e. The zero-order valence-electron chi connectivity index (χ0n) is 10.8. The maximum atomic E-state index is 6.06. The van der Waals surface area contributed by atoms with Gasteiger partial charge < -0.3 is 5.32 Å². The third-order valence-electron chi connectivity index (χ3n) is 3.60. The van der Waals surface area contributed by atoms with Crippen LogP contribution < -0.4 is 5.32 Å². The van der Waals surface area contributed by atoms with E-state index >= 15 is 0 Å². The third-order valence-corrected chi connectivity index (χ3v) is 4.60. The predicted molar refractivity (Wildman–Crippen MR) is 81.1 cm³/mol. The van der Waals surface area contributed by atoms with Crippen molar-refractivity contribution in [2.75, 3.05) is 20.1 Å². The molecule has 0 radical (unpaired) electrons. The van der Waals surface area contributed by atoms with Gasteiger partial charge in [-0.05, 0) is 63.2 Å². The quantitative estimate of drug-likeness (QED) is 0.909. The number of rotatable bonds is 3. The zero-order chi connectivity index (χ0) is 13.0. The highest BCUT2D eigenvalue weighted by molar-refractivity contribution is 9.10. The second-order valence-electron chi connectivity index (χ2n) is 4.99. The van der Waals surface area contributed by atoms with Crippen LogP contribution in [0.25, 0.3) is 0 Å². The second-order valence-corrected chi connectivity index (χ2v) is 6.28. The lowest BCUT2D eigenvalue weighted by Crippen LogP contribution is -2.32. The van der Waals surface area contributed by atoms with E-state index in [1.807, 2.05) is 12.1 Å². The average molecular weight is 332 g/mol. The molecule has 0 aliphatic carbocycles. The van der Waals surface area contributed by atoms with Crippen LogP contribution in [0.1, 0.15) is 24.8 Å². The largest absolute Gasteiger partial charge is 0.317 e. The molecule has 100 valence electrons. The lowest BCUT2D eigenvalue weighted by atomic mass is 10.1. The summed E-state index contributed by atoms with van der Waals surface area (Å²) >= 11 is 9.66. The summed E-state index contributed by atoms with van der Waals surface area (Å²) in [6.45, 7) is 3.24. The van der Waals surface area contributed by atoms with Crippen molar-refractivity contribution in [1.29, 1.82) is 0 Å². The fraction of sp³-hybridized carbons (Fsp3) is 0.571. The minimum absolute atomic E-state index is 0.672. The molecule has 1 atom stereocenters. The van der Waals surface area contributed by atoms with Gasteiger partial charge in [-0.3, -0.25) is 4.90 Å². The molecule has 0 bridgehead atoms. The van der Waals surface area contributed by atoms with Crippen LogP contribution in [-0.2, 0) is 6.54 Å². The van der Waals surface area contributed by atoms with Crippen LogP contribution in [0.15, 0.2) is 22.7 Å². The van der Waals surface area contributed by atoms with E-state index < -0.39 is 0 Å². The molecule has 18 heavy (non-hydrogen) atoms. The van der Waals surface area contributed by atoms with Crippen molar-refractivity contribution in [3.8, 4) is 0 Å². The molecular weight excluding hydrogens is 312 g/mol. The van der Waals surface area contributed by atoms with Gasteiger partial charge in [0.05, 0.1) is 0 Å². The Labute approximate surface area is 123 Å². The molecule has 0 saturated carbocycles. The van der Waals surface area contributed by atoms with Crippen LogP contribution >= 0.6 is 27.5 Å². The molecule has 1 heterocycles. The molecule has 1 aromatic rings. The molecule has 0 amide bonds. The molecule has 1 N–H and O–H groups in total. The van der Waals surface area contributed by atoms with E-state index in [-0.39, 0.29) is 0 Å². The SMILES string of the molecule is CN(Cc1cc(Cl)ccc1Br)C1CCCNCC1. The van der Waals surface area contributed by atoms with E-state index in [2.05, 4.69) is 39.3 Å². The van der Waals surface area contributed by atoms with Crippen molar-refractivity contribution in [2.45, 2.75) is 31.8 Å².